The first-order valence-electron chi connectivity index (χ1n) is 6.35. The van der Waals surface area contributed by atoms with Crippen LogP contribution in [-0.4, -0.2) is 42.9 Å². The average Bonchev–Trinajstić information content (AvgIpc) is 2.45. The summed E-state index contributed by atoms with van der Waals surface area (Å²) in [4.78, 5) is 22.8. The van der Waals surface area contributed by atoms with Gasteiger partial charge < -0.3 is 10.4 Å². The summed E-state index contributed by atoms with van der Waals surface area (Å²) in [6, 6.07) is 0.666. The van der Waals surface area contributed by atoms with Crippen LogP contribution in [0, 0.1) is 11.6 Å². The van der Waals surface area contributed by atoms with Crippen LogP contribution < -0.4 is 5.32 Å². The number of nitrogens with one attached hydrogen (secondary N) is 1. The molecule has 1 amide bonds. The lowest BCUT2D eigenvalue weighted by Gasteiger charge is -2.14. The van der Waals surface area contributed by atoms with Gasteiger partial charge in [-0.2, -0.15) is 0 Å². The highest BCUT2D eigenvalue weighted by Crippen LogP contribution is 2.10. The van der Waals surface area contributed by atoms with Gasteiger partial charge in [-0.1, -0.05) is 6.92 Å². The molecule has 0 aliphatic carbocycles. The van der Waals surface area contributed by atoms with Crippen molar-refractivity contribution in [1.29, 1.82) is 0 Å². The Bertz CT molecular complexity index is 675. The molecule has 9 heteroatoms. The number of carboxylic acids is 1. The Morgan fingerprint density at radius 2 is 1.95 bits per heavy atom. The summed E-state index contributed by atoms with van der Waals surface area (Å²) >= 11 is 0. The molecule has 1 unspecified atom stereocenters. The van der Waals surface area contributed by atoms with E-state index in [2.05, 4.69) is 0 Å². The number of carboxylic acid groups (broad SMARTS) is 1. The molecule has 0 spiro atoms. The number of carbonyl (C=O) groups excluding carboxylic acids is 1. The zero-order valence-corrected chi connectivity index (χ0v) is 12.5. The molecule has 122 valence electrons. The molecule has 0 saturated heterocycles. The van der Waals surface area contributed by atoms with E-state index in [-0.39, 0.29) is 12.2 Å². The van der Waals surface area contributed by atoms with Crippen LogP contribution in [0.2, 0.25) is 0 Å². The zero-order chi connectivity index (χ0) is 16.9. The molecule has 0 saturated carbocycles. The van der Waals surface area contributed by atoms with Crippen LogP contribution in [0.4, 0.5) is 8.78 Å². The molecule has 0 fully saturated rings. The third-order valence-corrected chi connectivity index (χ3v) is 4.67. The second-order valence-corrected chi connectivity index (χ2v) is 6.99. The van der Waals surface area contributed by atoms with E-state index in [4.69, 9.17) is 5.11 Å². The fourth-order valence-electron chi connectivity index (χ4n) is 1.61. The van der Waals surface area contributed by atoms with Crippen molar-refractivity contribution in [3.8, 4) is 0 Å². The fourth-order valence-corrected chi connectivity index (χ4v) is 2.49. The summed E-state index contributed by atoms with van der Waals surface area (Å²) in [5.74, 6) is -5.05. The van der Waals surface area contributed by atoms with Crippen molar-refractivity contribution < 1.29 is 31.9 Å². The normalized spacial score (nSPS) is 12.7. The number of carbonyl (C=O) groups is 2. The van der Waals surface area contributed by atoms with Crippen molar-refractivity contribution >= 4 is 21.7 Å². The second kappa shape index (κ2) is 7.30. The van der Waals surface area contributed by atoms with Gasteiger partial charge in [0.2, 0.25) is 0 Å². The van der Waals surface area contributed by atoms with Crippen LogP contribution >= 0.6 is 0 Å². The average molecular weight is 335 g/mol. The Labute approximate surface area is 126 Å². The SMILES string of the molecule is CCS(=O)(=O)CCC(NC(=O)c1cc(F)ccc1F)C(=O)O. The van der Waals surface area contributed by atoms with E-state index in [9.17, 15) is 26.8 Å². The summed E-state index contributed by atoms with van der Waals surface area (Å²) in [6.07, 6.45) is -0.367. The van der Waals surface area contributed by atoms with Gasteiger partial charge in [0.15, 0.2) is 0 Å². The van der Waals surface area contributed by atoms with Crippen LogP contribution in [0.25, 0.3) is 0 Å². The molecule has 2 N–H and O–H groups in total. The third-order valence-electron chi connectivity index (χ3n) is 2.93. The van der Waals surface area contributed by atoms with E-state index in [1.807, 2.05) is 5.32 Å². The molecule has 0 bridgehead atoms. The molecule has 0 aliphatic heterocycles. The molecule has 0 aliphatic rings. The number of rotatable bonds is 7. The van der Waals surface area contributed by atoms with Crippen molar-refractivity contribution in [2.24, 2.45) is 0 Å². The van der Waals surface area contributed by atoms with E-state index < -0.39 is 50.7 Å². The summed E-state index contributed by atoms with van der Waals surface area (Å²) in [5, 5.41) is 11.0. The first-order chi connectivity index (χ1) is 10.2. The minimum atomic E-state index is -3.41. The van der Waals surface area contributed by atoms with Gasteiger partial charge >= 0.3 is 5.97 Å². The van der Waals surface area contributed by atoms with Gasteiger partial charge in [-0.05, 0) is 24.6 Å². The van der Waals surface area contributed by atoms with Crippen molar-refractivity contribution in [3.05, 3.63) is 35.4 Å². The van der Waals surface area contributed by atoms with E-state index >= 15 is 0 Å². The van der Waals surface area contributed by atoms with Gasteiger partial charge in [0.25, 0.3) is 5.91 Å². The molecule has 6 nitrogen and oxygen atoms in total. The van der Waals surface area contributed by atoms with Gasteiger partial charge in [-0.25, -0.2) is 22.0 Å². The lowest BCUT2D eigenvalue weighted by atomic mass is 10.1. The first-order valence-corrected chi connectivity index (χ1v) is 8.17. The first kappa shape index (κ1) is 18.0. The molecular formula is C13H15F2NO5S. The topological polar surface area (TPSA) is 101 Å². The van der Waals surface area contributed by atoms with Crippen molar-refractivity contribution in [3.63, 3.8) is 0 Å². The zero-order valence-electron chi connectivity index (χ0n) is 11.7. The largest absolute Gasteiger partial charge is 0.480 e. The fraction of sp³-hybridized carbons (Fsp3) is 0.385. The molecule has 0 aromatic heterocycles. The maximum Gasteiger partial charge on any atom is 0.326 e. The monoisotopic (exact) mass is 335 g/mol. The van der Waals surface area contributed by atoms with Crippen LogP contribution in [0.3, 0.4) is 0 Å². The summed E-state index contributed by atoms with van der Waals surface area (Å²) in [5.41, 5.74) is -0.649. The summed E-state index contributed by atoms with van der Waals surface area (Å²) < 4.78 is 49.2. The maximum atomic E-state index is 13.4. The van der Waals surface area contributed by atoms with Gasteiger partial charge in [0.1, 0.15) is 27.5 Å². The van der Waals surface area contributed by atoms with Crippen molar-refractivity contribution in [2.75, 3.05) is 11.5 Å². The maximum absolute atomic E-state index is 13.4. The minimum absolute atomic E-state index is 0.161. The van der Waals surface area contributed by atoms with Gasteiger partial charge in [0.05, 0.1) is 11.3 Å². The van der Waals surface area contributed by atoms with Crippen LogP contribution in [0.1, 0.15) is 23.7 Å². The standard InChI is InChI=1S/C13H15F2NO5S/c1-2-22(20,21)6-5-11(13(18)19)16-12(17)9-7-8(14)3-4-10(9)15/h3-4,7,11H,2,5-6H2,1H3,(H,16,17)(H,18,19). The van der Waals surface area contributed by atoms with Gasteiger partial charge in [-0.3, -0.25) is 4.79 Å². The molecule has 1 aromatic rings. The second-order valence-electron chi connectivity index (χ2n) is 4.51. The number of sulfone groups is 1. The van der Waals surface area contributed by atoms with E-state index in [0.29, 0.717) is 6.07 Å². The van der Waals surface area contributed by atoms with E-state index in [0.717, 1.165) is 12.1 Å². The van der Waals surface area contributed by atoms with Crippen LogP contribution in [0.5, 0.6) is 0 Å². The smallest absolute Gasteiger partial charge is 0.326 e. The minimum Gasteiger partial charge on any atom is -0.480 e. The van der Waals surface area contributed by atoms with E-state index in [1.165, 1.54) is 6.92 Å². The highest BCUT2D eigenvalue weighted by Gasteiger charge is 2.24. The molecule has 1 atom stereocenters. The third kappa shape index (κ3) is 5.06. The Morgan fingerprint density at radius 1 is 1.32 bits per heavy atom. The molecule has 0 radical (unpaired) electrons. The Hall–Kier alpha value is -2.03. The Morgan fingerprint density at radius 3 is 2.50 bits per heavy atom. The quantitative estimate of drug-likeness (QED) is 0.773. The van der Waals surface area contributed by atoms with Crippen LogP contribution in [-0.2, 0) is 14.6 Å². The predicted molar refractivity (Wildman–Crippen MR) is 74.2 cm³/mol. The van der Waals surface area contributed by atoms with Crippen molar-refractivity contribution in [2.45, 2.75) is 19.4 Å². The van der Waals surface area contributed by atoms with E-state index in [1.54, 1.807) is 0 Å². The molecule has 0 heterocycles. The highest BCUT2D eigenvalue weighted by molar-refractivity contribution is 7.91. The Kier molecular flexibility index (Phi) is 5.98. The summed E-state index contributed by atoms with van der Waals surface area (Å²) in [7, 11) is -3.41. The predicted octanol–water partition coefficient (Wildman–Crippen LogP) is 0.973. The number of hydrogen-bond donors (Lipinski definition) is 2. The van der Waals surface area contributed by atoms with Gasteiger partial charge in [0, 0.05) is 5.75 Å². The number of halogens is 2. The van der Waals surface area contributed by atoms with Crippen molar-refractivity contribution in [1.82, 2.24) is 5.32 Å². The van der Waals surface area contributed by atoms with Gasteiger partial charge in [-0.15, -0.1) is 0 Å². The molecule has 1 rings (SSSR count). The number of benzene rings is 1. The number of amides is 1. The molecular weight excluding hydrogens is 320 g/mol. The lowest BCUT2D eigenvalue weighted by molar-refractivity contribution is -0.139. The highest BCUT2D eigenvalue weighted by atomic mass is 32.2. The van der Waals surface area contributed by atoms with Crippen LogP contribution in [0.15, 0.2) is 18.2 Å². The molecule has 1 aromatic carbocycles. The lowest BCUT2D eigenvalue weighted by Crippen LogP contribution is -2.42. The summed E-state index contributed by atoms with van der Waals surface area (Å²) in [6.45, 7) is 1.41. The number of aliphatic carboxylic acids is 1. The number of hydrogen-bond acceptors (Lipinski definition) is 4. The Balaban J connectivity index is 2.85. The molecule has 22 heavy (non-hydrogen) atoms.